The fraction of sp³-hybridized carbons (Fsp3) is 0.500. The molecular formula is C14H16N6OS2. The number of thiophene rings is 1. The molecule has 1 unspecified atom stereocenters. The van der Waals surface area contributed by atoms with Crippen molar-refractivity contribution in [3.8, 4) is 0 Å². The minimum Gasteiger partial charge on any atom is -0.338 e. The average Bonchev–Trinajstić information content (AvgIpc) is 3.00. The second kappa shape index (κ2) is 6.40. The third kappa shape index (κ3) is 3.45. The van der Waals surface area contributed by atoms with E-state index in [-0.39, 0.29) is 5.25 Å². The lowest BCUT2D eigenvalue weighted by molar-refractivity contribution is 0.374. The maximum Gasteiger partial charge on any atom is 0.239 e. The Balaban J connectivity index is 1.40. The summed E-state index contributed by atoms with van der Waals surface area (Å²) in [6.45, 7) is 2.80. The van der Waals surface area contributed by atoms with Crippen LogP contribution in [0.1, 0.15) is 47.5 Å². The van der Waals surface area contributed by atoms with Crippen LogP contribution in [0.25, 0.3) is 0 Å². The highest BCUT2D eigenvalue weighted by atomic mass is 32.2. The third-order valence-electron chi connectivity index (χ3n) is 3.68. The number of rotatable bonds is 7. The molecule has 0 bridgehead atoms. The summed E-state index contributed by atoms with van der Waals surface area (Å²) in [5, 5.41) is 18.9. The van der Waals surface area contributed by atoms with Gasteiger partial charge < -0.3 is 4.52 Å². The lowest BCUT2D eigenvalue weighted by atomic mass is 10.3. The van der Waals surface area contributed by atoms with E-state index in [2.05, 4.69) is 43.2 Å². The van der Waals surface area contributed by atoms with Gasteiger partial charge in [-0.3, -0.25) is 0 Å². The summed E-state index contributed by atoms with van der Waals surface area (Å²) in [4.78, 5) is 5.82. The molecule has 23 heavy (non-hydrogen) atoms. The Bertz CT molecular complexity index is 764. The Labute approximate surface area is 141 Å². The molecular weight excluding hydrogens is 332 g/mol. The van der Waals surface area contributed by atoms with Crippen molar-refractivity contribution < 1.29 is 4.52 Å². The van der Waals surface area contributed by atoms with Gasteiger partial charge in [-0.15, -0.1) is 16.4 Å². The maximum atomic E-state index is 5.38. The predicted molar refractivity (Wildman–Crippen MR) is 86.4 cm³/mol. The van der Waals surface area contributed by atoms with E-state index in [1.54, 1.807) is 23.1 Å². The van der Waals surface area contributed by atoms with Crippen LogP contribution < -0.4 is 0 Å². The van der Waals surface area contributed by atoms with Crippen LogP contribution in [0.5, 0.6) is 0 Å². The topological polar surface area (TPSA) is 82.5 Å². The van der Waals surface area contributed by atoms with Crippen molar-refractivity contribution in [2.45, 2.75) is 49.1 Å². The Kier molecular flexibility index (Phi) is 4.13. The van der Waals surface area contributed by atoms with Crippen molar-refractivity contribution in [3.05, 3.63) is 34.1 Å². The molecule has 1 fully saturated rings. The van der Waals surface area contributed by atoms with Gasteiger partial charge in [-0.2, -0.15) is 4.98 Å². The number of hydrogen-bond donors (Lipinski definition) is 0. The van der Waals surface area contributed by atoms with Crippen molar-refractivity contribution in [1.29, 1.82) is 0 Å². The largest absolute Gasteiger partial charge is 0.338 e. The summed E-state index contributed by atoms with van der Waals surface area (Å²) in [5.74, 6) is 1.98. The first kappa shape index (κ1) is 14.8. The molecule has 3 aromatic rings. The van der Waals surface area contributed by atoms with Crippen LogP contribution >= 0.6 is 23.1 Å². The maximum absolute atomic E-state index is 5.38. The molecule has 1 saturated carbocycles. The van der Waals surface area contributed by atoms with Gasteiger partial charge in [-0.05, 0) is 41.6 Å². The van der Waals surface area contributed by atoms with Crippen molar-refractivity contribution in [1.82, 2.24) is 30.3 Å². The van der Waals surface area contributed by atoms with E-state index >= 15 is 0 Å². The van der Waals surface area contributed by atoms with Crippen LogP contribution in [0.3, 0.4) is 0 Å². The van der Waals surface area contributed by atoms with Crippen molar-refractivity contribution in [3.63, 3.8) is 0 Å². The summed E-state index contributed by atoms with van der Waals surface area (Å²) in [7, 11) is 0. The van der Waals surface area contributed by atoms with Gasteiger partial charge in [0.2, 0.25) is 11.0 Å². The van der Waals surface area contributed by atoms with Gasteiger partial charge in [0, 0.05) is 17.2 Å². The highest BCUT2D eigenvalue weighted by molar-refractivity contribution is 7.99. The standard InChI is InChI=1S/C14H16N6OS2/c1-9(13-15-12(17-21-13)10-4-5-10)23-14-16-18-19-20(14)7-6-11-3-2-8-22-11/h2-3,8-10H,4-7H2,1H3. The normalized spacial score (nSPS) is 15.9. The van der Waals surface area contributed by atoms with Gasteiger partial charge in [-0.25, -0.2) is 4.68 Å². The van der Waals surface area contributed by atoms with Crippen molar-refractivity contribution in [2.24, 2.45) is 0 Å². The first-order chi connectivity index (χ1) is 11.3. The molecule has 0 aromatic carbocycles. The molecule has 7 nitrogen and oxygen atoms in total. The van der Waals surface area contributed by atoms with Crippen LogP contribution in [0.2, 0.25) is 0 Å². The first-order valence-electron chi connectivity index (χ1n) is 7.58. The fourth-order valence-electron chi connectivity index (χ4n) is 2.22. The van der Waals surface area contributed by atoms with E-state index in [1.807, 2.05) is 11.6 Å². The minimum atomic E-state index is 0.0292. The summed E-state index contributed by atoms with van der Waals surface area (Å²) < 4.78 is 7.21. The van der Waals surface area contributed by atoms with Gasteiger partial charge in [0.15, 0.2) is 5.82 Å². The Morgan fingerprint density at radius 2 is 2.39 bits per heavy atom. The SMILES string of the molecule is CC(Sc1nnnn1CCc1cccs1)c1nc(C2CC2)no1. The zero-order valence-electron chi connectivity index (χ0n) is 12.6. The van der Waals surface area contributed by atoms with Crippen LogP contribution in [0.4, 0.5) is 0 Å². The fourth-order valence-corrected chi connectivity index (χ4v) is 3.76. The molecule has 1 aliphatic carbocycles. The average molecular weight is 348 g/mol. The molecule has 1 atom stereocenters. The van der Waals surface area contributed by atoms with E-state index in [9.17, 15) is 0 Å². The summed E-state index contributed by atoms with van der Waals surface area (Å²) >= 11 is 3.30. The molecule has 0 N–H and O–H groups in total. The van der Waals surface area contributed by atoms with E-state index < -0.39 is 0 Å². The highest BCUT2D eigenvalue weighted by Crippen LogP contribution is 2.40. The number of aromatic nitrogens is 6. The second-order valence-corrected chi connectivity index (χ2v) is 7.88. The van der Waals surface area contributed by atoms with Crippen molar-refractivity contribution >= 4 is 23.1 Å². The molecule has 9 heteroatoms. The second-order valence-electron chi connectivity index (χ2n) is 5.54. The smallest absolute Gasteiger partial charge is 0.239 e. The number of hydrogen-bond acceptors (Lipinski definition) is 8. The molecule has 0 spiro atoms. The van der Waals surface area contributed by atoms with Crippen LogP contribution in [-0.2, 0) is 13.0 Å². The van der Waals surface area contributed by atoms with Crippen LogP contribution in [0.15, 0.2) is 27.2 Å². The molecule has 0 amide bonds. The number of thioether (sulfide) groups is 1. The molecule has 1 aliphatic rings. The summed E-state index contributed by atoms with van der Waals surface area (Å²) in [6, 6.07) is 4.19. The Morgan fingerprint density at radius 3 is 3.17 bits per heavy atom. The molecule has 120 valence electrons. The minimum absolute atomic E-state index is 0.0292. The van der Waals surface area contributed by atoms with E-state index in [0.29, 0.717) is 11.8 Å². The Morgan fingerprint density at radius 1 is 1.48 bits per heavy atom. The third-order valence-corrected chi connectivity index (χ3v) is 5.67. The van der Waals surface area contributed by atoms with Gasteiger partial charge in [-0.1, -0.05) is 23.0 Å². The van der Waals surface area contributed by atoms with Gasteiger partial charge >= 0.3 is 0 Å². The van der Waals surface area contributed by atoms with E-state index in [1.165, 1.54) is 17.7 Å². The molecule has 0 saturated heterocycles. The zero-order valence-corrected chi connectivity index (χ0v) is 14.3. The molecule has 0 aliphatic heterocycles. The molecule has 4 rings (SSSR count). The van der Waals surface area contributed by atoms with Crippen LogP contribution in [0, 0.1) is 0 Å². The number of nitrogens with zero attached hydrogens (tertiary/aromatic N) is 6. The summed E-state index contributed by atoms with van der Waals surface area (Å²) in [5.41, 5.74) is 0. The van der Waals surface area contributed by atoms with Crippen molar-refractivity contribution in [2.75, 3.05) is 0 Å². The summed E-state index contributed by atoms with van der Waals surface area (Å²) in [6.07, 6.45) is 3.26. The zero-order chi connectivity index (χ0) is 15.6. The number of tetrazole rings is 1. The quantitative estimate of drug-likeness (QED) is 0.607. The predicted octanol–water partition coefficient (Wildman–Crippen LogP) is 3.09. The van der Waals surface area contributed by atoms with E-state index in [4.69, 9.17) is 4.52 Å². The molecule has 3 aromatic heterocycles. The highest BCUT2D eigenvalue weighted by Gasteiger charge is 2.30. The molecule has 3 heterocycles. The lowest BCUT2D eigenvalue weighted by Gasteiger charge is -2.06. The monoisotopic (exact) mass is 348 g/mol. The molecule has 0 radical (unpaired) electrons. The van der Waals surface area contributed by atoms with Gasteiger partial charge in [0.1, 0.15) is 0 Å². The Hall–Kier alpha value is -1.74. The number of aryl methyl sites for hydroxylation is 2. The lowest BCUT2D eigenvalue weighted by Crippen LogP contribution is -2.05. The van der Waals surface area contributed by atoms with E-state index in [0.717, 1.165) is 23.9 Å². The van der Waals surface area contributed by atoms with Crippen LogP contribution in [-0.4, -0.2) is 30.3 Å². The van der Waals surface area contributed by atoms with Gasteiger partial charge in [0.25, 0.3) is 0 Å². The first-order valence-corrected chi connectivity index (χ1v) is 9.34. The van der Waals surface area contributed by atoms with Gasteiger partial charge in [0.05, 0.1) is 11.8 Å².